The molecule has 0 fully saturated rings. The number of hydrogen-bond acceptors (Lipinski definition) is 1. The van der Waals surface area contributed by atoms with Gasteiger partial charge in [0, 0.05) is 4.43 Å². The summed E-state index contributed by atoms with van der Waals surface area (Å²) in [5.41, 5.74) is 1.38. The normalized spacial score (nSPS) is 9.83. The Kier molecular flexibility index (Phi) is 4.43. The van der Waals surface area contributed by atoms with Crippen molar-refractivity contribution in [3.8, 4) is 5.75 Å². The van der Waals surface area contributed by atoms with E-state index in [0.29, 0.717) is 0 Å². The lowest BCUT2D eigenvalue weighted by molar-refractivity contribution is 0.340. The smallest absolute Gasteiger partial charge is 0.119 e. The van der Waals surface area contributed by atoms with Crippen LogP contribution < -0.4 is 4.74 Å². The van der Waals surface area contributed by atoms with Crippen LogP contribution in [0.15, 0.2) is 24.3 Å². The van der Waals surface area contributed by atoms with E-state index in [1.54, 1.807) is 0 Å². The number of halogens is 1. The summed E-state index contributed by atoms with van der Waals surface area (Å²) < 4.78 is 6.51. The molecule has 0 unspecified atom stereocenters. The third-order valence-corrected chi connectivity index (χ3v) is 2.16. The SMILES string of the molecule is CCOc1ccc(CCI)cc1. The topological polar surface area (TPSA) is 9.23 Å². The summed E-state index contributed by atoms with van der Waals surface area (Å²) in [4.78, 5) is 0. The maximum Gasteiger partial charge on any atom is 0.119 e. The van der Waals surface area contributed by atoms with E-state index in [9.17, 15) is 0 Å². The maximum atomic E-state index is 5.34. The van der Waals surface area contributed by atoms with E-state index < -0.39 is 0 Å². The number of benzene rings is 1. The largest absolute Gasteiger partial charge is 0.494 e. The summed E-state index contributed by atoms with van der Waals surface area (Å²) >= 11 is 2.39. The second-order valence-electron chi connectivity index (χ2n) is 2.52. The molecule has 0 amide bonds. The average molecular weight is 276 g/mol. The van der Waals surface area contributed by atoms with Crippen molar-refractivity contribution in [2.45, 2.75) is 13.3 Å². The van der Waals surface area contributed by atoms with Crippen LogP contribution in [0.1, 0.15) is 12.5 Å². The summed E-state index contributed by atoms with van der Waals surface area (Å²) in [7, 11) is 0. The molecule has 0 aromatic heterocycles. The van der Waals surface area contributed by atoms with E-state index in [4.69, 9.17) is 4.74 Å². The van der Waals surface area contributed by atoms with Gasteiger partial charge in [0.05, 0.1) is 6.61 Å². The molecule has 0 saturated carbocycles. The van der Waals surface area contributed by atoms with Crippen molar-refractivity contribution >= 4 is 22.6 Å². The Bertz CT molecular complexity index is 193. The number of aryl methyl sites for hydroxylation is 1. The fourth-order valence-corrected chi connectivity index (χ4v) is 1.65. The van der Waals surface area contributed by atoms with Gasteiger partial charge in [-0.15, -0.1) is 0 Å². The van der Waals surface area contributed by atoms with Crippen molar-refractivity contribution in [1.29, 1.82) is 0 Å². The molecule has 12 heavy (non-hydrogen) atoms. The molecule has 0 aliphatic carbocycles. The van der Waals surface area contributed by atoms with Crippen LogP contribution in [0.4, 0.5) is 0 Å². The summed E-state index contributed by atoms with van der Waals surface area (Å²) in [6, 6.07) is 8.32. The van der Waals surface area contributed by atoms with Crippen LogP contribution in [0, 0.1) is 0 Å². The molecule has 0 atom stereocenters. The van der Waals surface area contributed by atoms with Crippen molar-refractivity contribution < 1.29 is 4.74 Å². The maximum absolute atomic E-state index is 5.34. The molecule has 0 radical (unpaired) electrons. The van der Waals surface area contributed by atoms with Crippen molar-refractivity contribution in [3.05, 3.63) is 29.8 Å². The third kappa shape index (κ3) is 3.01. The molecule has 2 heteroatoms. The van der Waals surface area contributed by atoms with E-state index in [-0.39, 0.29) is 0 Å². The first-order chi connectivity index (χ1) is 5.86. The molecular formula is C10H13IO. The molecule has 1 rings (SSSR count). The number of hydrogen-bond donors (Lipinski definition) is 0. The first kappa shape index (κ1) is 9.84. The first-order valence-electron chi connectivity index (χ1n) is 4.14. The van der Waals surface area contributed by atoms with Crippen LogP contribution in [0.25, 0.3) is 0 Å². The lowest BCUT2D eigenvalue weighted by Gasteiger charge is -2.03. The lowest BCUT2D eigenvalue weighted by atomic mass is 10.2. The van der Waals surface area contributed by atoms with Gasteiger partial charge in [-0.1, -0.05) is 34.7 Å². The Morgan fingerprint density at radius 1 is 1.25 bits per heavy atom. The highest BCUT2D eigenvalue weighted by atomic mass is 127. The fraction of sp³-hybridized carbons (Fsp3) is 0.400. The van der Waals surface area contributed by atoms with Gasteiger partial charge >= 0.3 is 0 Å². The number of alkyl halides is 1. The standard InChI is InChI=1S/C10H13IO/c1-2-12-10-5-3-9(4-6-10)7-8-11/h3-6H,2,7-8H2,1H3. The molecule has 66 valence electrons. The molecule has 0 spiro atoms. The molecule has 0 bridgehead atoms. The monoisotopic (exact) mass is 276 g/mol. The molecule has 1 nitrogen and oxygen atoms in total. The fourth-order valence-electron chi connectivity index (χ4n) is 1.03. The zero-order valence-electron chi connectivity index (χ0n) is 7.22. The predicted molar refractivity (Wildman–Crippen MR) is 60.2 cm³/mol. The van der Waals surface area contributed by atoms with Crippen LogP contribution in [0.2, 0.25) is 0 Å². The molecule has 0 heterocycles. The molecule has 0 aliphatic rings. The predicted octanol–water partition coefficient (Wildman–Crippen LogP) is 3.06. The van der Waals surface area contributed by atoms with Gasteiger partial charge < -0.3 is 4.74 Å². The zero-order valence-corrected chi connectivity index (χ0v) is 9.37. The summed E-state index contributed by atoms with van der Waals surface area (Å²) in [5, 5.41) is 0. The van der Waals surface area contributed by atoms with Crippen molar-refractivity contribution in [2.75, 3.05) is 11.0 Å². The molecule has 1 aromatic rings. The van der Waals surface area contributed by atoms with Gasteiger partial charge in [0.25, 0.3) is 0 Å². The number of rotatable bonds is 4. The van der Waals surface area contributed by atoms with Crippen molar-refractivity contribution in [1.82, 2.24) is 0 Å². The highest BCUT2D eigenvalue weighted by Gasteiger charge is 1.92. The van der Waals surface area contributed by atoms with Gasteiger partial charge in [-0.05, 0) is 31.0 Å². The van der Waals surface area contributed by atoms with E-state index >= 15 is 0 Å². The second-order valence-corrected chi connectivity index (χ2v) is 3.59. The van der Waals surface area contributed by atoms with Crippen LogP contribution >= 0.6 is 22.6 Å². The Labute approximate surface area is 87.3 Å². The Balaban J connectivity index is 2.58. The van der Waals surface area contributed by atoms with Crippen molar-refractivity contribution in [3.63, 3.8) is 0 Å². The van der Waals surface area contributed by atoms with Crippen LogP contribution in [0.3, 0.4) is 0 Å². The minimum atomic E-state index is 0.742. The average Bonchev–Trinajstić information content (AvgIpc) is 2.09. The molecule has 0 aliphatic heterocycles. The van der Waals surface area contributed by atoms with Gasteiger partial charge in [-0.2, -0.15) is 0 Å². The van der Waals surface area contributed by atoms with Gasteiger partial charge in [0.15, 0.2) is 0 Å². The summed E-state index contributed by atoms with van der Waals surface area (Å²) in [6.45, 7) is 2.74. The minimum Gasteiger partial charge on any atom is -0.494 e. The highest BCUT2D eigenvalue weighted by Crippen LogP contribution is 2.12. The second kappa shape index (κ2) is 5.41. The lowest BCUT2D eigenvalue weighted by Crippen LogP contribution is -1.91. The van der Waals surface area contributed by atoms with Gasteiger partial charge in [0.2, 0.25) is 0 Å². The van der Waals surface area contributed by atoms with Crippen molar-refractivity contribution in [2.24, 2.45) is 0 Å². The van der Waals surface area contributed by atoms with Crippen LogP contribution in [-0.2, 0) is 6.42 Å². The third-order valence-electron chi connectivity index (χ3n) is 1.62. The summed E-state index contributed by atoms with van der Waals surface area (Å²) in [5.74, 6) is 0.967. The minimum absolute atomic E-state index is 0.742. The van der Waals surface area contributed by atoms with Gasteiger partial charge in [-0.3, -0.25) is 0 Å². The van der Waals surface area contributed by atoms with E-state index in [1.165, 1.54) is 9.99 Å². The molecule has 1 aromatic carbocycles. The van der Waals surface area contributed by atoms with E-state index in [1.807, 2.05) is 19.1 Å². The molecule has 0 saturated heterocycles. The van der Waals surface area contributed by atoms with Gasteiger partial charge in [-0.25, -0.2) is 0 Å². The zero-order chi connectivity index (χ0) is 8.81. The Morgan fingerprint density at radius 2 is 1.92 bits per heavy atom. The van der Waals surface area contributed by atoms with Crippen LogP contribution in [0.5, 0.6) is 5.75 Å². The molecular weight excluding hydrogens is 263 g/mol. The van der Waals surface area contributed by atoms with E-state index in [2.05, 4.69) is 34.7 Å². The quantitative estimate of drug-likeness (QED) is 0.606. The van der Waals surface area contributed by atoms with Crippen LogP contribution in [-0.4, -0.2) is 11.0 Å². The van der Waals surface area contributed by atoms with Gasteiger partial charge in [0.1, 0.15) is 5.75 Å². The Hall–Kier alpha value is -0.250. The van der Waals surface area contributed by atoms with E-state index in [0.717, 1.165) is 18.8 Å². The Morgan fingerprint density at radius 3 is 2.42 bits per heavy atom. The number of ether oxygens (including phenoxy) is 1. The molecule has 0 N–H and O–H groups in total. The highest BCUT2D eigenvalue weighted by molar-refractivity contribution is 14.1. The summed E-state index contributed by atoms with van der Waals surface area (Å²) in [6.07, 6.45) is 1.15. The first-order valence-corrected chi connectivity index (χ1v) is 5.67.